The molecule has 2 aliphatic rings. The third-order valence-electron chi connectivity index (χ3n) is 3.69. The van der Waals surface area contributed by atoms with Crippen molar-refractivity contribution >= 4 is 5.82 Å². The summed E-state index contributed by atoms with van der Waals surface area (Å²) in [6.45, 7) is 2.32. The first-order valence-corrected chi connectivity index (χ1v) is 6.24. The largest absolute Gasteiger partial charge is 0.357 e. The van der Waals surface area contributed by atoms with Gasteiger partial charge >= 0.3 is 0 Å². The topological polar surface area (TPSA) is 42.1 Å². The maximum absolute atomic E-state index is 6.10. The van der Waals surface area contributed by atoms with Gasteiger partial charge in [-0.05, 0) is 43.7 Å². The molecule has 3 rings (SSSR count). The summed E-state index contributed by atoms with van der Waals surface area (Å²) in [7, 11) is 0. The van der Waals surface area contributed by atoms with Crippen LogP contribution in [0.1, 0.15) is 31.2 Å². The first-order chi connectivity index (χ1) is 7.75. The van der Waals surface area contributed by atoms with Crippen LogP contribution in [0.2, 0.25) is 0 Å². The molecule has 86 valence electrons. The number of pyridine rings is 1. The van der Waals surface area contributed by atoms with Crippen LogP contribution in [0.25, 0.3) is 0 Å². The van der Waals surface area contributed by atoms with E-state index in [9.17, 15) is 0 Å². The predicted octanol–water partition coefficient (Wildman–Crippen LogP) is 1.72. The van der Waals surface area contributed by atoms with Crippen LogP contribution in [0.4, 0.5) is 5.82 Å². The highest BCUT2D eigenvalue weighted by atomic mass is 15.2. The summed E-state index contributed by atoms with van der Waals surface area (Å²) in [6.07, 6.45) is 7.92. The van der Waals surface area contributed by atoms with Crippen molar-refractivity contribution in [2.75, 3.05) is 18.0 Å². The molecule has 3 heteroatoms. The zero-order valence-electron chi connectivity index (χ0n) is 9.65. The van der Waals surface area contributed by atoms with Gasteiger partial charge in [0.1, 0.15) is 5.82 Å². The summed E-state index contributed by atoms with van der Waals surface area (Å²) in [5, 5.41) is 0. The lowest BCUT2D eigenvalue weighted by Gasteiger charge is -2.16. The molecule has 1 aromatic rings. The van der Waals surface area contributed by atoms with E-state index in [-0.39, 0.29) is 5.54 Å². The van der Waals surface area contributed by atoms with Crippen LogP contribution in [0, 0.1) is 0 Å². The molecule has 2 fully saturated rings. The minimum absolute atomic E-state index is 0.0941. The van der Waals surface area contributed by atoms with Gasteiger partial charge in [0.2, 0.25) is 0 Å². The standard InChI is InChI=1S/C13H19N3/c14-13(5-6-13)9-11-3-4-12(15-10-11)16-7-1-2-8-16/h3-4,10H,1-2,5-9,14H2. The molecule has 0 aromatic carbocycles. The molecule has 1 saturated carbocycles. The van der Waals surface area contributed by atoms with Gasteiger partial charge in [-0.25, -0.2) is 4.98 Å². The van der Waals surface area contributed by atoms with E-state index in [2.05, 4.69) is 22.0 Å². The van der Waals surface area contributed by atoms with Crippen molar-refractivity contribution in [3.05, 3.63) is 23.9 Å². The van der Waals surface area contributed by atoms with Crippen molar-refractivity contribution in [2.24, 2.45) is 5.73 Å². The highest BCUT2D eigenvalue weighted by Crippen LogP contribution is 2.35. The Balaban J connectivity index is 1.69. The van der Waals surface area contributed by atoms with Gasteiger partial charge in [0.05, 0.1) is 0 Å². The highest BCUT2D eigenvalue weighted by Gasteiger charge is 2.37. The lowest BCUT2D eigenvalue weighted by atomic mass is 10.1. The first-order valence-electron chi connectivity index (χ1n) is 6.24. The smallest absolute Gasteiger partial charge is 0.128 e. The summed E-state index contributed by atoms with van der Waals surface area (Å²) in [5.74, 6) is 1.13. The number of hydrogen-bond donors (Lipinski definition) is 1. The van der Waals surface area contributed by atoms with Crippen molar-refractivity contribution in [3.8, 4) is 0 Å². The predicted molar refractivity (Wildman–Crippen MR) is 65.5 cm³/mol. The van der Waals surface area contributed by atoms with Crippen LogP contribution in [0.5, 0.6) is 0 Å². The van der Waals surface area contributed by atoms with Gasteiger partial charge in [-0.1, -0.05) is 6.07 Å². The maximum atomic E-state index is 6.10. The molecule has 0 unspecified atom stereocenters. The molecule has 2 N–H and O–H groups in total. The lowest BCUT2D eigenvalue weighted by Crippen LogP contribution is -2.24. The van der Waals surface area contributed by atoms with Crippen molar-refractivity contribution in [1.29, 1.82) is 0 Å². The monoisotopic (exact) mass is 217 g/mol. The fraction of sp³-hybridized carbons (Fsp3) is 0.615. The molecule has 0 bridgehead atoms. The average Bonchev–Trinajstić information content (AvgIpc) is 2.83. The third kappa shape index (κ3) is 2.05. The van der Waals surface area contributed by atoms with Crippen molar-refractivity contribution in [3.63, 3.8) is 0 Å². The molecular formula is C13H19N3. The Morgan fingerprint density at radius 1 is 1.25 bits per heavy atom. The molecule has 0 spiro atoms. The second kappa shape index (κ2) is 3.74. The van der Waals surface area contributed by atoms with Gasteiger partial charge < -0.3 is 10.6 Å². The fourth-order valence-corrected chi connectivity index (χ4v) is 2.40. The normalized spacial score (nSPS) is 22.4. The number of anilines is 1. The Hall–Kier alpha value is -1.09. The van der Waals surface area contributed by atoms with Crippen LogP contribution in [0.15, 0.2) is 18.3 Å². The molecule has 1 aromatic heterocycles. The van der Waals surface area contributed by atoms with Gasteiger partial charge in [0, 0.05) is 24.8 Å². The quantitative estimate of drug-likeness (QED) is 0.838. The van der Waals surface area contributed by atoms with Gasteiger partial charge in [0.15, 0.2) is 0 Å². The Kier molecular flexibility index (Phi) is 2.36. The summed E-state index contributed by atoms with van der Waals surface area (Å²) in [5.41, 5.74) is 7.48. The number of hydrogen-bond acceptors (Lipinski definition) is 3. The van der Waals surface area contributed by atoms with Gasteiger partial charge in [-0.2, -0.15) is 0 Å². The Labute approximate surface area is 96.7 Å². The Morgan fingerprint density at radius 2 is 2.00 bits per heavy atom. The van der Waals surface area contributed by atoms with Crippen LogP contribution in [0.3, 0.4) is 0 Å². The van der Waals surface area contributed by atoms with E-state index in [0.717, 1.165) is 25.3 Å². The SMILES string of the molecule is NC1(Cc2ccc(N3CCCC3)nc2)CC1. The molecule has 1 aliphatic carbocycles. The van der Waals surface area contributed by atoms with E-state index in [4.69, 9.17) is 5.73 Å². The van der Waals surface area contributed by atoms with E-state index in [0.29, 0.717) is 0 Å². The minimum Gasteiger partial charge on any atom is -0.357 e. The van der Waals surface area contributed by atoms with Crippen LogP contribution < -0.4 is 10.6 Å². The van der Waals surface area contributed by atoms with E-state index in [1.165, 1.54) is 31.2 Å². The maximum Gasteiger partial charge on any atom is 0.128 e. The fourth-order valence-electron chi connectivity index (χ4n) is 2.40. The summed E-state index contributed by atoms with van der Waals surface area (Å²) in [4.78, 5) is 6.90. The van der Waals surface area contributed by atoms with Crippen molar-refractivity contribution in [2.45, 2.75) is 37.6 Å². The molecule has 3 nitrogen and oxygen atoms in total. The number of aromatic nitrogens is 1. The molecule has 0 amide bonds. The van der Waals surface area contributed by atoms with Gasteiger partial charge in [-0.15, -0.1) is 0 Å². The van der Waals surface area contributed by atoms with Crippen LogP contribution >= 0.6 is 0 Å². The molecule has 16 heavy (non-hydrogen) atoms. The van der Waals surface area contributed by atoms with E-state index in [1.54, 1.807) is 0 Å². The summed E-state index contributed by atoms with van der Waals surface area (Å²) < 4.78 is 0. The van der Waals surface area contributed by atoms with Crippen LogP contribution in [-0.4, -0.2) is 23.6 Å². The second-order valence-electron chi connectivity index (χ2n) is 5.26. The van der Waals surface area contributed by atoms with Gasteiger partial charge in [-0.3, -0.25) is 0 Å². The highest BCUT2D eigenvalue weighted by molar-refractivity contribution is 5.40. The zero-order chi connectivity index (χ0) is 11.0. The molecule has 1 aliphatic heterocycles. The third-order valence-corrected chi connectivity index (χ3v) is 3.69. The van der Waals surface area contributed by atoms with Crippen molar-refractivity contribution < 1.29 is 0 Å². The zero-order valence-corrected chi connectivity index (χ0v) is 9.65. The summed E-state index contributed by atoms with van der Waals surface area (Å²) >= 11 is 0. The Morgan fingerprint density at radius 3 is 2.56 bits per heavy atom. The van der Waals surface area contributed by atoms with Crippen LogP contribution in [-0.2, 0) is 6.42 Å². The Bertz CT molecular complexity index is 361. The second-order valence-corrected chi connectivity index (χ2v) is 5.26. The molecule has 0 radical (unpaired) electrons. The number of rotatable bonds is 3. The summed E-state index contributed by atoms with van der Waals surface area (Å²) in [6, 6.07) is 4.33. The average molecular weight is 217 g/mol. The molecule has 2 heterocycles. The molecule has 0 atom stereocenters. The minimum atomic E-state index is 0.0941. The molecule has 1 saturated heterocycles. The number of nitrogens with zero attached hydrogens (tertiary/aromatic N) is 2. The van der Waals surface area contributed by atoms with E-state index in [1.807, 2.05) is 6.20 Å². The lowest BCUT2D eigenvalue weighted by molar-refractivity contribution is 0.670. The van der Waals surface area contributed by atoms with E-state index < -0.39 is 0 Å². The molecular weight excluding hydrogens is 198 g/mol. The van der Waals surface area contributed by atoms with Crippen molar-refractivity contribution in [1.82, 2.24) is 4.98 Å². The first kappa shape index (κ1) is 10.1. The van der Waals surface area contributed by atoms with E-state index >= 15 is 0 Å². The number of nitrogens with two attached hydrogens (primary N) is 1. The van der Waals surface area contributed by atoms with Gasteiger partial charge in [0.25, 0.3) is 0 Å².